The molecule has 1 heterocycles. The van der Waals surface area contributed by atoms with Crippen molar-refractivity contribution in [3.63, 3.8) is 0 Å². The van der Waals surface area contributed by atoms with E-state index in [-0.39, 0.29) is 11.8 Å². The molecule has 20 heavy (non-hydrogen) atoms. The number of carbonyl (C=O) groups excluding carboxylic acids is 3. The largest absolute Gasteiger partial charge is 0.451 e. The summed E-state index contributed by atoms with van der Waals surface area (Å²) in [6.45, 7) is 4.93. The second-order valence-electron chi connectivity index (χ2n) is 4.65. The zero-order valence-corrected chi connectivity index (χ0v) is 12.4. The molecule has 7 heteroatoms. The van der Waals surface area contributed by atoms with Gasteiger partial charge in [-0.1, -0.05) is 19.9 Å². The third kappa shape index (κ3) is 4.34. The lowest BCUT2D eigenvalue weighted by atomic mass is 10.0. The fraction of sp³-hybridized carbons (Fsp3) is 0.462. The van der Waals surface area contributed by atoms with Crippen LogP contribution in [0.4, 0.5) is 0 Å². The maximum absolute atomic E-state index is 12.0. The van der Waals surface area contributed by atoms with Crippen molar-refractivity contribution in [1.29, 1.82) is 0 Å². The van der Waals surface area contributed by atoms with Crippen molar-refractivity contribution in [2.45, 2.75) is 32.9 Å². The number of esters is 1. The van der Waals surface area contributed by atoms with Gasteiger partial charge in [-0.05, 0) is 24.3 Å². The number of hydrogen-bond donors (Lipinski definition) is 2. The van der Waals surface area contributed by atoms with Crippen LogP contribution in [-0.2, 0) is 14.3 Å². The minimum absolute atomic E-state index is 0.175. The summed E-state index contributed by atoms with van der Waals surface area (Å²) >= 11 is 1.28. The molecule has 0 spiro atoms. The molecule has 1 aromatic heterocycles. The highest BCUT2D eigenvalue weighted by Gasteiger charge is 2.28. The summed E-state index contributed by atoms with van der Waals surface area (Å²) in [5, 5.41) is 4.38. The lowest BCUT2D eigenvalue weighted by molar-refractivity contribution is -0.156. The van der Waals surface area contributed by atoms with Gasteiger partial charge < -0.3 is 15.8 Å². The second-order valence-corrected chi connectivity index (χ2v) is 5.60. The van der Waals surface area contributed by atoms with Gasteiger partial charge in [0.2, 0.25) is 0 Å². The third-order valence-electron chi connectivity index (χ3n) is 2.65. The predicted octanol–water partition coefficient (Wildman–Crippen LogP) is 0.919. The van der Waals surface area contributed by atoms with Crippen molar-refractivity contribution >= 4 is 29.1 Å². The van der Waals surface area contributed by atoms with Gasteiger partial charge in [-0.2, -0.15) is 0 Å². The highest BCUT2D eigenvalue weighted by Crippen LogP contribution is 2.11. The summed E-state index contributed by atoms with van der Waals surface area (Å²) in [5.41, 5.74) is 5.04. The maximum Gasteiger partial charge on any atom is 0.329 e. The van der Waals surface area contributed by atoms with E-state index in [4.69, 9.17) is 10.5 Å². The van der Waals surface area contributed by atoms with Crippen LogP contribution in [0.3, 0.4) is 0 Å². The molecule has 2 atom stereocenters. The molecule has 0 aromatic carbocycles. The van der Waals surface area contributed by atoms with Crippen LogP contribution >= 0.6 is 11.3 Å². The topological polar surface area (TPSA) is 98.5 Å². The van der Waals surface area contributed by atoms with Crippen molar-refractivity contribution in [3.05, 3.63) is 22.4 Å². The Hall–Kier alpha value is -1.89. The van der Waals surface area contributed by atoms with Crippen LogP contribution in [0.25, 0.3) is 0 Å². The first-order valence-electron chi connectivity index (χ1n) is 6.17. The molecule has 2 unspecified atom stereocenters. The number of nitrogens with one attached hydrogen (secondary N) is 1. The van der Waals surface area contributed by atoms with Gasteiger partial charge in [-0.25, -0.2) is 4.79 Å². The molecule has 0 radical (unpaired) electrons. The summed E-state index contributed by atoms with van der Waals surface area (Å²) in [6.07, 6.45) is -1.03. The molecule has 1 rings (SSSR count). The first-order valence-corrected chi connectivity index (χ1v) is 7.05. The fourth-order valence-corrected chi connectivity index (χ4v) is 2.05. The quantitative estimate of drug-likeness (QED) is 0.763. The zero-order chi connectivity index (χ0) is 15.3. The standard InChI is InChI=1S/C13H18N2O4S/c1-7(2)10(13(18)19-8(3)11(14)16)15-12(17)9-5-4-6-20-9/h4-8,10H,1-3H3,(H2,14,16)(H,15,17). The molecule has 110 valence electrons. The number of amides is 2. The molecule has 0 fully saturated rings. The van der Waals surface area contributed by atoms with Crippen LogP contribution in [0.5, 0.6) is 0 Å². The average Bonchev–Trinajstić information content (AvgIpc) is 2.88. The lowest BCUT2D eigenvalue weighted by Gasteiger charge is -2.22. The van der Waals surface area contributed by atoms with E-state index < -0.39 is 24.0 Å². The molecular weight excluding hydrogens is 280 g/mol. The Bertz CT molecular complexity index is 485. The summed E-state index contributed by atoms with van der Waals surface area (Å²) in [4.78, 5) is 35.3. The molecule has 0 aliphatic carbocycles. The van der Waals surface area contributed by atoms with Crippen molar-refractivity contribution < 1.29 is 19.1 Å². The predicted molar refractivity (Wildman–Crippen MR) is 75.2 cm³/mol. The van der Waals surface area contributed by atoms with Crippen molar-refractivity contribution in [2.75, 3.05) is 0 Å². The number of nitrogens with two attached hydrogens (primary N) is 1. The van der Waals surface area contributed by atoms with Gasteiger partial charge in [0.15, 0.2) is 6.10 Å². The number of hydrogen-bond acceptors (Lipinski definition) is 5. The van der Waals surface area contributed by atoms with E-state index in [0.717, 1.165) is 0 Å². The van der Waals surface area contributed by atoms with Crippen LogP contribution in [0.15, 0.2) is 17.5 Å². The number of primary amides is 1. The Labute approximate surface area is 121 Å². The molecule has 3 N–H and O–H groups in total. The Morgan fingerprint density at radius 2 is 1.95 bits per heavy atom. The summed E-state index contributed by atoms with van der Waals surface area (Å²) < 4.78 is 4.93. The van der Waals surface area contributed by atoms with Gasteiger partial charge >= 0.3 is 5.97 Å². The molecule has 0 aliphatic heterocycles. The van der Waals surface area contributed by atoms with Gasteiger partial charge in [-0.15, -0.1) is 11.3 Å². The Morgan fingerprint density at radius 1 is 1.30 bits per heavy atom. The van der Waals surface area contributed by atoms with E-state index in [1.807, 2.05) is 0 Å². The third-order valence-corrected chi connectivity index (χ3v) is 3.51. The lowest BCUT2D eigenvalue weighted by Crippen LogP contribution is -2.47. The highest BCUT2D eigenvalue weighted by atomic mass is 32.1. The minimum Gasteiger partial charge on any atom is -0.451 e. The smallest absolute Gasteiger partial charge is 0.329 e. The van der Waals surface area contributed by atoms with E-state index in [9.17, 15) is 14.4 Å². The molecule has 0 saturated heterocycles. The normalized spacial score (nSPS) is 13.6. The van der Waals surface area contributed by atoms with E-state index in [2.05, 4.69) is 5.32 Å². The average molecular weight is 298 g/mol. The molecule has 2 amide bonds. The van der Waals surface area contributed by atoms with Crippen molar-refractivity contribution in [1.82, 2.24) is 5.32 Å². The second kappa shape index (κ2) is 7.04. The highest BCUT2D eigenvalue weighted by molar-refractivity contribution is 7.12. The number of thiophene rings is 1. The number of carbonyl (C=O) groups is 3. The van der Waals surface area contributed by atoms with Gasteiger partial charge in [-0.3, -0.25) is 9.59 Å². The molecule has 0 saturated carbocycles. The Morgan fingerprint density at radius 3 is 2.40 bits per heavy atom. The zero-order valence-electron chi connectivity index (χ0n) is 11.6. The first-order chi connectivity index (χ1) is 9.32. The molecule has 6 nitrogen and oxygen atoms in total. The molecule has 0 aliphatic rings. The van der Waals surface area contributed by atoms with Crippen LogP contribution in [0.1, 0.15) is 30.4 Å². The summed E-state index contributed by atoms with van der Waals surface area (Å²) in [5.74, 6) is -1.92. The van der Waals surface area contributed by atoms with Crippen molar-refractivity contribution in [3.8, 4) is 0 Å². The van der Waals surface area contributed by atoms with Crippen LogP contribution < -0.4 is 11.1 Å². The molecular formula is C13H18N2O4S. The first kappa shape index (κ1) is 16.2. The van der Waals surface area contributed by atoms with E-state index in [1.165, 1.54) is 18.3 Å². The summed E-state index contributed by atoms with van der Waals surface area (Å²) in [6, 6.07) is 2.58. The Balaban J connectivity index is 2.72. The van der Waals surface area contributed by atoms with E-state index in [1.54, 1.807) is 31.4 Å². The Kier molecular flexibility index (Phi) is 5.69. The SMILES string of the molecule is CC(OC(=O)C(NC(=O)c1cccs1)C(C)C)C(N)=O. The van der Waals surface area contributed by atoms with Gasteiger partial charge in [0.25, 0.3) is 11.8 Å². The molecule has 1 aromatic rings. The van der Waals surface area contributed by atoms with Gasteiger partial charge in [0, 0.05) is 0 Å². The van der Waals surface area contributed by atoms with Gasteiger partial charge in [0.05, 0.1) is 4.88 Å². The monoisotopic (exact) mass is 298 g/mol. The van der Waals surface area contributed by atoms with E-state index >= 15 is 0 Å². The van der Waals surface area contributed by atoms with Crippen LogP contribution in [0.2, 0.25) is 0 Å². The van der Waals surface area contributed by atoms with Gasteiger partial charge in [0.1, 0.15) is 6.04 Å². The number of rotatable bonds is 6. The number of ether oxygens (including phenoxy) is 1. The van der Waals surface area contributed by atoms with E-state index in [0.29, 0.717) is 4.88 Å². The molecule has 0 bridgehead atoms. The fourth-order valence-electron chi connectivity index (χ4n) is 1.42. The van der Waals surface area contributed by atoms with Crippen LogP contribution in [-0.4, -0.2) is 29.9 Å². The summed E-state index contributed by atoms with van der Waals surface area (Å²) in [7, 11) is 0. The minimum atomic E-state index is -1.03. The van der Waals surface area contributed by atoms with Crippen LogP contribution in [0, 0.1) is 5.92 Å². The maximum atomic E-state index is 12.0. The van der Waals surface area contributed by atoms with Crippen molar-refractivity contribution in [2.24, 2.45) is 11.7 Å².